The van der Waals surface area contributed by atoms with Crippen molar-refractivity contribution in [3.63, 3.8) is 0 Å². The summed E-state index contributed by atoms with van der Waals surface area (Å²) >= 11 is 0. The van der Waals surface area contributed by atoms with E-state index >= 15 is 0 Å². The number of hydrogen-bond acceptors (Lipinski definition) is 3. The van der Waals surface area contributed by atoms with Gasteiger partial charge in [0.15, 0.2) is 0 Å². The molecule has 10 heavy (non-hydrogen) atoms. The summed E-state index contributed by atoms with van der Waals surface area (Å²) in [7, 11) is 0. The van der Waals surface area contributed by atoms with Crippen LogP contribution < -0.4 is 0 Å². The largest absolute Gasteiger partial charge is 0.392 e. The van der Waals surface area contributed by atoms with Gasteiger partial charge in [0.2, 0.25) is 0 Å². The van der Waals surface area contributed by atoms with Crippen molar-refractivity contribution >= 4 is 0 Å². The molecule has 0 fully saturated rings. The Hall–Kier alpha value is -0.640. The van der Waals surface area contributed by atoms with E-state index in [0.717, 1.165) is 0 Å². The Morgan fingerprint density at radius 2 is 2.10 bits per heavy atom. The van der Waals surface area contributed by atoms with Crippen LogP contribution in [0.4, 0.5) is 0 Å². The van der Waals surface area contributed by atoms with Crippen LogP contribution in [0.1, 0.15) is 0 Å². The summed E-state index contributed by atoms with van der Waals surface area (Å²) in [6.07, 6.45) is 2.88. The van der Waals surface area contributed by atoms with Gasteiger partial charge >= 0.3 is 0 Å². The molecule has 0 unspecified atom stereocenters. The quantitative estimate of drug-likeness (QED) is 0.449. The van der Waals surface area contributed by atoms with Crippen molar-refractivity contribution in [3.05, 3.63) is 23.8 Å². The van der Waals surface area contributed by atoms with E-state index in [9.17, 15) is 0 Å². The first-order valence-corrected chi connectivity index (χ1v) is 3.10. The minimum Gasteiger partial charge on any atom is -0.392 e. The third-order valence-electron chi connectivity index (χ3n) is 1.50. The zero-order valence-corrected chi connectivity index (χ0v) is 5.44. The summed E-state index contributed by atoms with van der Waals surface area (Å²) < 4.78 is 0. The third-order valence-corrected chi connectivity index (χ3v) is 1.50. The summed E-state index contributed by atoms with van der Waals surface area (Å²) in [4.78, 5) is 0. The molecule has 0 heterocycles. The smallest absolute Gasteiger partial charge is 0.107 e. The van der Waals surface area contributed by atoms with Gasteiger partial charge in [0, 0.05) is 0 Å². The summed E-state index contributed by atoms with van der Waals surface area (Å²) in [5.74, 6) is 0. The fourth-order valence-corrected chi connectivity index (χ4v) is 0.862. The highest BCUT2D eigenvalue weighted by Gasteiger charge is 2.19. The second kappa shape index (κ2) is 2.96. The first kappa shape index (κ1) is 7.47. The molecule has 3 heteroatoms. The Morgan fingerprint density at radius 1 is 1.40 bits per heavy atom. The molecule has 1 rings (SSSR count). The highest BCUT2D eigenvalue weighted by molar-refractivity contribution is 5.25. The average molecular weight is 142 g/mol. The van der Waals surface area contributed by atoms with Crippen molar-refractivity contribution in [2.24, 2.45) is 0 Å². The van der Waals surface area contributed by atoms with Gasteiger partial charge in [-0.25, -0.2) is 0 Å². The molecule has 3 nitrogen and oxygen atoms in total. The van der Waals surface area contributed by atoms with E-state index in [0.29, 0.717) is 5.57 Å². The minimum atomic E-state index is -0.935. The number of aliphatic hydroxyl groups excluding tert-OH is 3. The maximum Gasteiger partial charge on any atom is 0.107 e. The minimum absolute atomic E-state index is 0.206. The Bertz CT molecular complexity index is 172. The highest BCUT2D eigenvalue weighted by atomic mass is 16.3. The molecule has 56 valence electrons. The molecule has 0 aliphatic heterocycles. The lowest BCUT2D eigenvalue weighted by Crippen LogP contribution is -2.29. The molecule has 0 bridgehead atoms. The van der Waals surface area contributed by atoms with Crippen molar-refractivity contribution in [2.75, 3.05) is 6.61 Å². The van der Waals surface area contributed by atoms with Crippen LogP contribution in [0.2, 0.25) is 0 Å². The molecular weight excluding hydrogens is 132 g/mol. The summed E-state index contributed by atoms with van der Waals surface area (Å²) in [6, 6.07) is 0. The summed E-state index contributed by atoms with van der Waals surface area (Å²) in [5.41, 5.74) is 0.454. The SMILES string of the molecule is OCC1=CC=C[C@H](O)[C@@H]1O. The monoisotopic (exact) mass is 142 g/mol. The first-order chi connectivity index (χ1) is 4.75. The Labute approximate surface area is 58.9 Å². The second-order valence-corrected chi connectivity index (χ2v) is 2.22. The molecule has 3 N–H and O–H groups in total. The topological polar surface area (TPSA) is 60.7 Å². The average Bonchev–Trinajstić information content (AvgIpc) is 1.95. The molecular formula is C7H10O3. The third kappa shape index (κ3) is 1.26. The van der Waals surface area contributed by atoms with Crippen LogP contribution in [0, 0.1) is 0 Å². The number of aliphatic hydroxyl groups is 3. The fraction of sp³-hybridized carbons (Fsp3) is 0.429. The summed E-state index contributed by atoms with van der Waals surface area (Å²) in [6.45, 7) is -0.206. The number of allylic oxidation sites excluding steroid dienone is 2. The van der Waals surface area contributed by atoms with E-state index in [1.165, 1.54) is 6.08 Å². The standard InChI is InChI=1S/C7H10O3/c8-4-5-2-1-3-6(9)7(5)10/h1-3,6-10H,4H2/t6-,7+/m0/s1. The zero-order valence-electron chi connectivity index (χ0n) is 5.44. The zero-order chi connectivity index (χ0) is 7.56. The fourth-order valence-electron chi connectivity index (χ4n) is 0.862. The van der Waals surface area contributed by atoms with Gasteiger partial charge in [0.25, 0.3) is 0 Å². The van der Waals surface area contributed by atoms with Crippen LogP contribution in [-0.2, 0) is 0 Å². The van der Waals surface area contributed by atoms with Gasteiger partial charge < -0.3 is 15.3 Å². The lowest BCUT2D eigenvalue weighted by molar-refractivity contribution is 0.0637. The van der Waals surface area contributed by atoms with E-state index < -0.39 is 12.2 Å². The van der Waals surface area contributed by atoms with Crippen molar-refractivity contribution in [2.45, 2.75) is 12.2 Å². The molecule has 0 saturated heterocycles. The number of hydrogen-bond donors (Lipinski definition) is 3. The van der Waals surface area contributed by atoms with Gasteiger partial charge in [-0.3, -0.25) is 0 Å². The van der Waals surface area contributed by atoms with Crippen LogP contribution in [0.25, 0.3) is 0 Å². The second-order valence-electron chi connectivity index (χ2n) is 2.22. The van der Waals surface area contributed by atoms with Gasteiger partial charge in [-0.15, -0.1) is 0 Å². The molecule has 0 radical (unpaired) electrons. The first-order valence-electron chi connectivity index (χ1n) is 3.10. The van der Waals surface area contributed by atoms with E-state index in [1.54, 1.807) is 12.2 Å². The van der Waals surface area contributed by atoms with Gasteiger partial charge in [0.1, 0.15) is 12.2 Å². The normalized spacial score (nSPS) is 32.1. The highest BCUT2D eigenvalue weighted by Crippen LogP contribution is 2.12. The Balaban J connectivity index is 2.71. The molecule has 0 aromatic rings. The maximum atomic E-state index is 9.11. The molecule has 0 aromatic carbocycles. The van der Waals surface area contributed by atoms with Crippen molar-refractivity contribution < 1.29 is 15.3 Å². The lowest BCUT2D eigenvalue weighted by atomic mass is 10.0. The Kier molecular flexibility index (Phi) is 2.21. The van der Waals surface area contributed by atoms with Crippen LogP contribution in [0.5, 0.6) is 0 Å². The molecule has 1 aliphatic carbocycles. The number of rotatable bonds is 1. The van der Waals surface area contributed by atoms with Crippen LogP contribution in [-0.4, -0.2) is 34.1 Å². The molecule has 2 atom stereocenters. The van der Waals surface area contributed by atoms with Gasteiger partial charge in [0.05, 0.1) is 6.61 Å². The molecule has 0 aromatic heterocycles. The van der Waals surface area contributed by atoms with Crippen LogP contribution >= 0.6 is 0 Å². The predicted octanol–water partition coefficient (Wildman–Crippen LogP) is -0.803. The van der Waals surface area contributed by atoms with Gasteiger partial charge in [-0.05, 0) is 5.57 Å². The van der Waals surface area contributed by atoms with E-state index in [1.807, 2.05) is 0 Å². The predicted molar refractivity (Wildman–Crippen MR) is 36.3 cm³/mol. The maximum absolute atomic E-state index is 9.11. The van der Waals surface area contributed by atoms with E-state index in [2.05, 4.69) is 0 Å². The lowest BCUT2D eigenvalue weighted by Gasteiger charge is -2.19. The van der Waals surface area contributed by atoms with Crippen molar-refractivity contribution in [1.82, 2.24) is 0 Å². The molecule has 0 saturated carbocycles. The van der Waals surface area contributed by atoms with Crippen molar-refractivity contribution in [1.29, 1.82) is 0 Å². The molecule has 0 spiro atoms. The van der Waals surface area contributed by atoms with Gasteiger partial charge in [-0.1, -0.05) is 18.2 Å². The van der Waals surface area contributed by atoms with Gasteiger partial charge in [-0.2, -0.15) is 0 Å². The molecule has 1 aliphatic rings. The van der Waals surface area contributed by atoms with Crippen LogP contribution in [0.3, 0.4) is 0 Å². The summed E-state index contributed by atoms with van der Waals surface area (Å²) in [5, 5.41) is 26.7. The molecule has 0 amide bonds. The van der Waals surface area contributed by atoms with Crippen molar-refractivity contribution in [3.8, 4) is 0 Å². The Morgan fingerprint density at radius 3 is 2.60 bits per heavy atom. The van der Waals surface area contributed by atoms with E-state index in [-0.39, 0.29) is 6.61 Å². The van der Waals surface area contributed by atoms with Crippen LogP contribution in [0.15, 0.2) is 23.8 Å². The van der Waals surface area contributed by atoms with E-state index in [4.69, 9.17) is 15.3 Å².